The average Bonchev–Trinajstić information content (AvgIpc) is 3.05. The molecule has 206 valence electrons. The Labute approximate surface area is 240 Å². The summed E-state index contributed by atoms with van der Waals surface area (Å²) in [6.07, 6.45) is 0. The van der Waals surface area contributed by atoms with Gasteiger partial charge in [-0.2, -0.15) is 10.2 Å². The van der Waals surface area contributed by atoms with Crippen molar-refractivity contribution in [2.45, 2.75) is 18.8 Å². The summed E-state index contributed by atoms with van der Waals surface area (Å²) < 4.78 is 17.9. The van der Waals surface area contributed by atoms with Gasteiger partial charge in [-0.15, -0.1) is 0 Å². The molecule has 0 fully saturated rings. The number of aliphatic hydroxyl groups is 1. The third-order valence-corrected chi connectivity index (χ3v) is 6.91. The molecular weight excluding hydrogens is 512 g/mol. The average molecular weight is 545 g/mol. The summed E-state index contributed by atoms with van der Waals surface area (Å²) in [5.41, 5.74) is 5.14. The van der Waals surface area contributed by atoms with Crippen molar-refractivity contribution in [3.8, 4) is 11.5 Å². The maximum absolute atomic E-state index is 9.41. The lowest BCUT2D eigenvalue weighted by atomic mass is 9.80. The second kappa shape index (κ2) is 13.0. The molecular formula is C35H32N2O4. The molecule has 0 aromatic heterocycles. The third kappa shape index (κ3) is 6.35. The van der Waals surface area contributed by atoms with E-state index in [1.807, 2.05) is 115 Å². The highest BCUT2D eigenvalue weighted by Crippen LogP contribution is 2.42. The van der Waals surface area contributed by atoms with Crippen LogP contribution in [0.2, 0.25) is 0 Å². The molecule has 0 aliphatic rings. The molecule has 0 saturated heterocycles. The first-order chi connectivity index (χ1) is 20.1. The number of hydrogen-bond acceptors (Lipinski definition) is 6. The second-order valence-electron chi connectivity index (χ2n) is 9.49. The summed E-state index contributed by atoms with van der Waals surface area (Å²) in [4.78, 5) is 0. The van der Waals surface area contributed by atoms with Crippen molar-refractivity contribution in [3.05, 3.63) is 155 Å². The van der Waals surface area contributed by atoms with Crippen molar-refractivity contribution >= 4 is 11.4 Å². The van der Waals surface area contributed by atoms with Crippen LogP contribution < -0.4 is 9.47 Å². The normalized spacial score (nSPS) is 11.5. The van der Waals surface area contributed by atoms with Crippen molar-refractivity contribution in [2.24, 2.45) is 10.2 Å². The number of methoxy groups -OCH3 is 2. The summed E-state index contributed by atoms with van der Waals surface area (Å²) in [5.74, 6) is 1.54. The molecule has 6 heteroatoms. The minimum absolute atomic E-state index is 0.0399. The Bertz CT molecular complexity index is 1540. The summed E-state index contributed by atoms with van der Waals surface area (Å²) in [7, 11) is 3.32. The van der Waals surface area contributed by atoms with E-state index in [1.54, 1.807) is 14.2 Å². The van der Waals surface area contributed by atoms with Crippen molar-refractivity contribution in [1.82, 2.24) is 0 Å². The summed E-state index contributed by atoms with van der Waals surface area (Å²) >= 11 is 0. The number of hydrogen-bond donors (Lipinski definition) is 1. The first kappa shape index (κ1) is 27.8. The predicted octanol–water partition coefficient (Wildman–Crippen LogP) is 8.12. The highest BCUT2D eigenvalue weighted by molar-refractivity contribution is 5.50. The van der Waals surface area contributed by atoms with E-state index in [0.717, 1.165) is 39.3 Å². The lowest BCUT2D eigenvalue weighted by molar-refractivity contribution is 0.000208. The minimum atomic E-state index is -0.915. The number of azo groups is 1. The lowest BCUT2D eigenvalue weighted by Crippen LogP contribution is -2.32. The highest BCUT2D eigenvalue weighted by atomic mass is 16.5. The number of rotatable bonds is 11. The standard InChI is InChI=1S/C35H32N2O4/c1-39-33-18-14-29(15-19-33)35(28-10-4-3-5-11-28,30-16-20-34(40-2)21-17-30)41-25-27-9-7-13-32(23-27)37-36-31-12-6-8-26(22-31)24-38/h3-23,38H,24-25H2,1-2H3. The second-order valence-corrected chi connectivity index (χ2v) is 9.49. The van der Waals surface area contributed by atoms with Gasteiger partial charge in [0.25, 0.3) is 0 Å². The molecule has 0 radical (unpaired) electrons. The molecule has 5 aromatic carbocycles. The Morgan fingerprint density at radius 1 is 0.561 bits per heavy atom. The fraction of sp³-hybridized carbons (Fsp3) is 0.143. The maximum atomic E-state index is 9.41. The van der Waals surface area contributed by atoms with Gasteiger partial charge in [0.2, 0.25) is 0 Å². The summed E-state index contributed by atoms with van der Waals surface area (Å²) in [6, 6.07) is 41.4. The van der Waals surface area contributed by atoms with Crippen molar-refractivity contribution < 1.29 is 19.3 Å². The molecule has 0 aliphatic heterocycles. The van der Waals surface area contributed by atoms with Gasteiger partial charge in [-0.1, -0.05) is 78.9 Å². The van der Waals surface area contributed by atoms with Gasteiger partial charge in [0.15, 0.2) is 0 Å². The predicted molar refractivity (Wildman–Crippen MR) is 160 cm³/mol. The molecule has 0 amide bonds. The van der Waals surface area contributed by atoms with Crippen LogP contribution in [-0.2, 0) is 23.6 Å². The molecule has 0 aliphatic carbocycles. The van der Waals surface area contributed by atoms with Crippen LogP contribution in [0.5, 0.6) is 11.5 Å². The molecule has 6 nitrogen and oxygen atoms in total. The van der Waals surface area contributed by atoms with E-state index in [2.05, 4.69) is 22.4 Å². The van der Waals surface area contributed by atoms with Crippen LogP contribution >= 0.6 is 0 Å². The zero-order valence-corrected chi connectivity index (χ0v) is 23.1. The van der Waals surface area contributed by atoms with Gasteiger partial charge in [0.05, 0.1) is 38.8 Å². The van der Waals surface area contributed by atoms with E-state index in [4.69, 9.17) is 14.2 Å². The monoisotopic (exact) mass is 544 g/mol. The van der Waals surface area contributed by atoms with Crippen molar-refractivity contribution in [1.29, 1.82) is 0 Å². The number of benzene rings is 5. The van der Waals surface area contributed by atoms with Crippen LogP contribution in [0.15, 0.2) is 138 Å². The van der Waals surface area contributed by atoms with E-state index < -0.39 is 5.60 Å². The smallest absolute Gasteiger partial charge is 0.144 e. The van der Waals surface area contributed by atoms with Crippen LogP contribution in [0, 0.1) is 0 Å². The molecule has 5 aromatic rings. The van der Waals surface area contributed by atoms with E-state index in [9.17, 15) is 5.11 Å². The maximum Gasteiger partial charge on any atom is 0.144 e. The van der Waals surface area contributed by atoms with Crippen LogP contribution in [0.25, 0.3) is 0 Å². The Hall–Kier alpha value is -4.78. The van der Waals surface area contributed by atoms with Gasteiger partial charge in [0, 0.05) is 0 Å². The molecule has 41 heavy (non-hydrogen) atoms. The van der Waals surface area contributed by atoms with Crippen molar-refractivity contribution in [2.75, 3.05) is 14.2 Å². The quantitative estimate of drug-likeness (QED) is 0.135. The van der Waals surface area contributed by atoms with E-state index in [1.165, 1.54) is 0 Å². The van der Waals surface area contributed by atoms with E-state index in [0.29, 0.717) is 18.0 Å². The van der Waals surface area contributed by atoms with Gasteiger partial charge >= 0.3 is 0 Å². The largest absolute Gasteiger partial charge is 0.497 e. The van der Waals surface area contributed by atoms with Crippen LogP contribution in [0.1, 0.15) is 27.8 Å². The topological polar surface area (TPSA) is 72.6 Å². The van der Waals surface area contributed by atoms with Crippen molar-refractivity contribution in [3.63, 3.8) is 0 Å². The van der Waals surface area contributed by atoms with Gasteiger partial charge in [-0.3, -0.25) is 0 Å². The first-order valence-corrected chi connectivity index (χ1v) is 13.3. The molecule has 0 heterocycles. The molecule has 0 bridgehead atoms. The Kier molecular flexibility index (Phi) is 8.84. The van der Waals surface area contributed by atoms with Crippen LogP contribution in [0.4, 0.5) is 11.4 Å². The first-order valence-electron chi connectivity index (χ1n) is 13.3. The van der Waals surface area contributed by atoms with Gasteiger partial charge in [0.1, 0.15) is 17.1 Å². The minimum Gasteiger partial charge on any atom is -0.497 e. The Morgan fingerprint density at radius 3 is 1.56 bits per heavy atom. The van der Waals surface area contributed by atoms with Gasteiger partial charge in [-0.05, 0) is 76.3 Å². The van der Waals surface area contributed by atoms with Gasteiger partial charge < -0.3 is 19.3 Å². The fourth-order valence-corrected chi connectivity index (χ4v) is 4.81. The Morgan fingerprint density at radius 2 is 1.05 bits per heavy atom. The summed E-state index contributed by atoms with van der Waals surface area (Å²) in [5, 5.41) is 18.2. The number of nitrogens with zero attached hydrogens (tertiary/aromatic N) is 2. The number of ether oxygens (including phenoxy) is 3. The van der Waals surface area contributed by atoms with E-state index in [-0.39, 0.29) is 6.61 Å². The van der Waals surface area contributed by atoms with Gasteiger partial charge in [-0.25, -0.2) is 0 Å². The number of aliphatic hydroxyl groups excluding tert-OH is 1. The molecule has 1 N–H and O–H groups in total. The third-order valence-electron chi connectivity index (χ3n) is 6.91. The molecule has 0 atom stereocenters. The zero-order chi connectivity index (χ0) is 28.5. The Balaban J connectivity index is 1.52. The molecule has 0 spiro atoms. The summed E-state index contributed by atoms with van der Waals surface area (Å²) in [6.45, 7) is 0.276. The van der Waals surface area contributed by atoms with Crippen LogP contribution in [-0.4, -0.2) is 19.3 Å². The zero-order valence-electron chi connectivity index (χ0n) is 23.1. The van der Waals surface area contributed by atoms with Crippen LogP contribution in [0.3, 0.4) is 0 Å². The SMILES string of the molecule is COc1ccc(C(OCc2cccc(N=Nc3cccc(CO)c3)c2)(c2ccccc2)c2ccc(OC)cc2)cc1. The lowest BCUT2D eigenvalue weighted by Gasteiger charge is -2.36. The highest BCUT2D eigenvalue weighted by Gasteiger charge is 2.38. The molecule has 0 saturated carbocycles. The molecule has 0 unspecified atom stereocenters. The van der Waals surface area contributed by atoms with E-state index >= 15 is 0 Å². The molecule has 5 rings (SSSR count). The fourth-order valence-electron chi connectivity index (χ4n) is 4.81.